The van der Waals surface area contributed by atoms with E-state index >= 15 is 0 Å². The van der Waals surface area contributed by atoms with Gasteiger partial charge in [-0.05, 0) is 18.6 Å². The maximum absolute atomic E-state index is 12.0. The topological polar surface area (TPSA) is 66.4 Å². The Hall–Kier alpha value is -0.710. The molecule has 0 bridgehead atoms. The number of hydrogen-bond donors (Lipinski definition) is 3. The van der Waals surface area contributed by atoms with Gasteiger partial charge < -0.3 is 10.4 Å². The fraction of sp³-hybridized carbons (Fsp3) is 0.895. The molecule has 0 fully saturated rings. The Morgan fingerprint density at radius 2 is 1.46 bits per heavy atom. The summed E-state index contributed by atoms with van der Waals surface area (Å²) in [5.41, 5.74) is 0. The van der Waals surface area contributed by atoms with Crippen molar-refractivity contribution in [2.45, 2.75) is 90.4 Å². The highest BCUT2D eigenvalue weighted by Crippen LogP contribution is 2.16. The Kier molecular flexibility index (Phi) is 16.6. The normalized spacial score (nSPS) is 12.1. The molecule has 0 saturated heterocycles. The van der Waals surface area contributed by atoms with Gasteiger partial charge in [-0.2, -0.15) is 12.6 Å². The van der Waals surface area contributed by atoms with Crippen molar-refractivity contribution in [1.82, 2.24) is 5.32 Å². The summed E-state index contributed by atoms with van der Waals surface area (Å²) in [5.74, 6) is -0.675. The number of hydrogen-bond acceptors (Lipinski definition) is 3. The van der Waals surface area contributed by atoms with Crippen molar-refractivity contribution in [1.29, 1.82) is 0 Å². The highest BCUT2D eigenvalue weighted by Gasteiger charge is 2.20. The number of amides is 1. The summed E-state index contributed by atoms with van der Waals surface area (Å²) in [5, 5.41) is 11.8. The van der Waals surface area contributed by atoms with Crippen LogP contribution in [0.25, 0.3) is 0 Å². The summed E-state index contributed by atoms with van der Waals surface area (Å²) in [6, 6.07) is 0. The van der Waals surface area contributed by atoms with Gasteiger partial charge in [0, 0.05) is 12.5 Å². The predicted molar refractivity (Wildman–Crippen MR) is 104 cm³/mol. The molecule has 24 heavy (non-hydrogen) atoms. The first kappa shape index (κ1) is 23.3. The lowest BCUT2D eigenvalue weighted by molar-refractivity contribution is -0.141. The van der Waals surface area contributed by atoms with E-state index in [1.165, 1.54) is 51.4 Å². The highest BCUT2D eigenvalue weighted by molar-refractivity contribution is 7.80. The molecule has 1 unspecified atom stereocenters. The van der Waals surface area contributed by atoms with Gasteiger partial charge in [-0.1, -0.05) is 71.1 Å². The minimum atomic E-state index is -0.892. The zero-order valence-electron chi connectivity index (χ0n) is 15.4. The molecule has 0 aliphatic carbocycles. The number of nitrogens with one attached hydrogen (secondary N) is 1. The van der Waals surface area contributed by atoms with Gasteiger partial charge in [-0.3, -0.25) is 9.59 Å². The number of carbonyl (C=O) groups excluding carboxylic acids is 1. The maximum atomic E-state index is 12.0. The molecule has 0 aromatic heterocycles. The summed E-state index contributed by atoms with van der Waals surface area (Å²) in [6.07, 6.45) is 13.9. The lowest BCUT2D eigenvalue weighted by Gasteiger charge is -2.14. The van der Waals surface area contributed by atoms with E-state index in [2.05, 4.69) is 24.9 Å². The number of thiol groups is 1. The summed E-state index contributed by atoms with van der Waals surface area (Å²) in [6.45, 7) is 2.81. The first-order chi connectivity index (χ1) is 11.6. The Morgan fingerprint density at radius 1 is 0.917 bits per heavy atom. The number of aliphatic carboxylic acids is 1. The Labute approximate surface area is 153 Å². The third-order valence-electron chi connectivity index (χ3n) is 4.33. The van der Waals surface area contributed by atoms with Gasteiger partial charge in [0.1, 0.15) is 0 Å². The quantitative estimate of drug-likeness (QED) is 0.257. The molecule has 1 amide bonds. The number of carbonyl (C=O) groups is 2. The molecule has 0 heterocycles. The van der Waals surface area contributed by atoms with Gasteiger partial charge in [-0.25, -0.2) is 0 Å². The molecule has 0 saturated carbocycles. The van der Waals surface area contributed by atoms with Gasteiger partial charge in [0.15, 0.2) is 0 Å². The highest BCUT2D eigenvalue weighted by atomic mass is 32.1. The van der Waals surface area contributed by atoms with E-state index < -0.39 is 11.9 Å². The van der Waals surface area contributed by atoms with Crippen molar-refractivity contribution in [3.05, 3.63) is 0 Å². The number of carboxylic acids is 1. The minimum Gasteiger partial charge on any atom is -0.481 e. The molecular weight excluding hydrogens is 322 g/mol. The molecule has 0 radical (unpaired) electrons. The molecule has 4 nitrogen and oxygen atoms in total. The fourth-order valence-electron chi connectivity index (χ4n) is 2.85. The van der Waals surface area contributed by atoms with Gasteiger partial charge in [0.2, 0.25) is 5.91 Å². The average Bonchev–Trinajstić information content (AvgIpc) is 2.55. The van der Waals surface area contributed by atoms with Crippen LogP contribution in [-0.4, -0.2) is 29.3 Å². The van der Waals surface area contributed by atoms with E-state index in [1.807, 2.05) is 0 Å². The van der Waals surface area contributed by atoms with Crippen molar-refractivity contribution in [2.24, 2.45) is 5.92 Å². The van der Waals surface area contributed by atoms with E-state index in [9.17, 15) is 9.59 Å². The van der Waals surface area contributed by atoms with Crippen LogP contribution in [0.2, 0.25) is 0 Å². The van der Waals surface area contributed by atoms with E-state index in [0.29, 0.717) is 13.0 Å². The molecule has 0 aromatic rings. The minimum absolute atomic E-state index is 0.0653. The van der Waals surface area contributed by atoms with E-state index in [4.69, 9.17) is 5.11 Å². The Balaban J connectivity index is 3.74. The summed E-state index contributed by atoms with van der Waals surface area (Å²) in [7, 11) is 0. The van der Waals surface area contributed by atoms with E-state index in [-0.39, 0.29) is 12.3 Å². The number of carboxylic acid groups (broad SMARTS) is 1. The van der Waals surface area contributed by atoms with Crippen molar-refractivity contribution in [3.8, 4) is 0 Å². The largest absolute Gasteiger partial charge is 0.481 e. The molecule has 0 rings (SSSR count). The average molecular weight is 360 g/mol. The van der Waals surface area contributed by atoms with Crippen molar-refractivity contribution in [3.63, 3.8) is 0 Å². The van der Waals surface area contributed by atoms with Crippen LogP contribution in [0.5, 0.6) is 0 Å². The molecule has 5 heteroatoms. The SMILES string of the molecule is CCCCCCCCCCCCC(CC(=O)O)C(=O)NCCCS. The predicted octanol–water partition coefficient (Wildman–Crippen LogP) is 4.82. The van der Waals surface area contributed by atoms with Crippen LogP contribution in [0.1, 0.15) is 90.4 Å². The number of unbranched alkanes of at least 4 members (excludes halogenated alkanes) is 9. The standard InChI is InChI=1S/C19H37NO3S/c1-2-3-4-5-6-7-8-9-10-11-13-17(16-18(21)22)19(23)20-14-12-15-24/h17,24H,2-16H2,1H3,(H,20,23)(H,21,22). The first-order valence-electron chi connectivity index (χ1n) is 9.72. The fourth-order valence-corrected chi connectivity index (χ4v) is 3.01. The Morgan fingerprint density at radius 3 is 1.96 bits per heavy atom. The molecule has 142 valence electrons. The third-order valence-corrected chi connectivity index (χ3v) is 4.65. The third kappa shape index (κ3) is 14.9. The van der Waals surface area contributed by atoms with Gasteiger partial charge in [0.05, 0.1) is 6.42 Å². The summed E-state index contributed by atoms with van der Waals surface area (Å²) >= 11 is 4.11. The van der Waals surface area contributed by atoms with Crippen LogP contribution in [-0.2, 0) is 9.59 Å². The zero-order chi connectivity index (χ0) is 18.0. The van der Waals surface area contributed by atoms with Crippen LogP contribution in [0, 0.1) is 5.92 Å². The molecule has 0 spiro atoms. The summed E-state index contributed by atoms with van der Waals surface area (Å²) < 4.78 is 0. The second kappa shape index (κ2) is 17.1. The number of rotatable bonds is 17. The molecule has 0 aliphatic heterocycles. The van der Waals surface area contributed by atoms with Crippen molar-refractivity contribution < 1.29 is 14.7 Å². The van der Waals surface area contributed by atoms with Crippen LogP contribution >= 0.6 is 12.6 Å². The monoisotopic (exact) mass is 359 g/mol. The zero-order valence-corrected chi connectivity index (χ0v) is 16.3. The van der Waals surface area contributed by atoms with Crippen LogP contribution in [0.15, 0.2) is 0 Å². The Bertz CT molecular complexity index is 324. The van der Waals surface area contributed by atoms with Gasteiger partial charge in [-0.15, -0.1) is 0 Å². The molecule has 0 aromatic carbocycles. The smallest absolute Gasteiger partial charge is 0.304 e. The molecular formula is C19H37NO3S. The van der Waals surface area contributed by atoms with E-state index in [0.717, 1.165) is 25.0 Å². The summed E-state index contributed by atoms with van der Waals surface area (Å²) in [4.78, 5) is 23.0. The van der Waals surface area contributed by atoms with Gasteiger partial charge >= 0.3 is 5.97 Å². The molecule has 1 atom stereocenters. The van der Waals surface area contributed by atoms with Gasteiger partial charge in [0.25, 0.3) is 0 Å². The first-order valence-corrected chi connectivity index (χ1v) is 10.3. The van der Waals surface area contributed by atoms with Crippen molar-refractivity contribution >= 4 is 24.5 Å². The van der Waals surface area contributed by atoms with Crippen LogP contribution < -0.4 is 5.32 Å². The van der Waals surface area contributed by atoms with Crippen LogP contribution in [0.3, 0.4) is 0 Å². The molecule has 0 aliphatic rings. The molecule has 2 N–H and O–H groups in total. The van der Waals surface area contributed by atoms with Crippen LogP contribution in [0.4, 0.5) is 0 Å². The second-order valence-electron chi connectivity index (χ2n) is 6.63. The lowest BCUT2D eigenvalue weighted by Crippen LogP contribution is -2.33. The maximum Gasteiger partial charge on any atom is 0.304 e. The van der Waals surface area contributed by atoms with E-state index in [1.54, 1.807) is 0 Å². The second-order valence-corrected chi connectivity index (χ2v) is 7.08. The lowest BCUT2D eigenvalue weighted by atomic mass is 9.96. The van der Waals surface area contributed by atoms with Crippen molar-refractivity contribution in [2.75, 3.05) is 12.3 Å².